The minimum Gasteiger partial charge on any atom is -0.331 e. The summed E-state index contributed by atoms with van der Waals surface area (Å²) in [6, 6.07) is 7.57. The lowest BCUT2D eigenvalue weighted by Gasteiger charge is -2.30. The zero-order valence-electron chi connectivity index (χ0n) is 14.6. The van der Waals surface area contributed by atoms with Crippen LogP contribution in [0.15, 0.2) is 36.7 Å². The van der Waals surface area contributed by atoms with Crippen LogP contribution in [0.3, 0.4) is 0 Å². The third kappa shape index (κ3) is 4.25. The van der Waals surface area contributed by atoms with Gasteiger partial charge in [0.05, 0.1) is 6.54 Å². The first-order chi connectivity index (χ1) is 12.0. The number of nitrogens with zero attached hydrogens (tertiary/aromatic N) is 3. The summed E-state index contributed by atoms with van der Waals surface area (Å²) in [4.78, 5) is 35.1. The highest BCUT2D eigenvalue weighted by atomic mass is 32.1. The lowest BCUT2D eigenvalue weighted by Crippen LogP contribution is -2.47. The van der Waals surface area contributed by atoms with Crippen LogP contribution in [0.25, 0.3) is 0 Å². The minimum atomic E-state index is -0.419. The van der Waals surface area contributed by atoms with E-state index in [1.807, 2.05) is 24.0 Å². The number of likely N-dealkylation sites (tertiary alicyclic amines) is 1. The molecule has 2 amide bonds. The number of aryl methyl sites for hydroxylation is 1. The SMILES string of the molecule is Cc1ccc(CN(Cc2ccncc2)C(=O)C(C)N2CCCC2=O)s1. The minimum absolute atomic E-state index is 0.00175. The predicted molar refractivity (Wildman–Crippen MR) is 98.0 cm³/mol. The highest BCUT2D eigenvalue weighted by molar-refractivity contribution is 7.11. The van der Waals surface area contributed by atoms with Crippen molar-refractivity contribution in [1.82, 2.24) is 14.8 Å². The highest BCUT2D eigenvalue weighted by Gasteiger charge is 2.32. The van der Waals surface area contributed by atoms with E-state index in [0.29, 0.717) is 26.1 Å². The van der Waals surface area contributed by atoms with Crippen LogP contribution < -0.4 is 0 Å². The van der Waals surface area contributed by atoms with Crippen LogP contribution in [0.1, 0.15) is 35.1 Å². The molecule has 0 aliphatic carbocycles. The largest absolute Gasteiger partial charge is 0.331 e. The lowest BCUT2D eigenvalue weighted by atomic mass is 10.2. The van der Waals surface area contributed by atoms with Crippen molar-refractivity contribution in [2.75, 3.05) is 6.54 Å². The van der Waals surface area contributed by atoms with Crippen molar-refractivity contribution in [2.24, 2.45) is 0 Å². The number of carbonyl (C=O) groups excluding carboxylic acids is 2. The number of aromatic nitrogens is 1. The fraction of sp³-hybridized carbons (Fsp3) is 0.421. The monoisotopic (exact) mass is 357 g/mol. The number of pyridine rings is 1. The Balaban J connectivity index is 1.79. The van der Waals surface area contributed by atoms with E-state index in [2.05, 4.69) is 24.0 Å². The van der Waals surface area contributed by atoms with E-state index < -0.39 is 6.04 Å². The van der Waals surface area contributed by atoms with Gasteiger partial charge in [-0.05, 0) is 50.1 Å². The maximum atomic E-state index is 13.1. The van der Waals surface area contributed by atoms with Crippen LogP contribution >= 0.6 is 11.3 Å². The summed E-state index contributed by atoms with van der Waals surface area (Å²) in [6.45, 7) is 5.66. The second-order valence-corrected chi connectivity index (χ2v) is 7.80. The third-order valence-electron chi connectivity index (χ3n) is 4.51. The standard InChI is InChI=1S/C19H23N3O2S/c1-14-5-6-17(25-14)13-21(12-16-7-9-20-10-8-16)19(24)15(2)22-11-3-4-18(22)23/h5-10,15H,3-4,11-13H2,1-2H3. The zero-order valence-corrected chi connectivity index (χ0v) is 15.5. The average molecular weight is 357 g/mol. The normalized spacial score (nSPS) is 15.4. The molecular formula is C19H23N3O2S. The number of hydrogen-bond acceptors (Lipinski definition) is 4. The van der Waals surface area contributed by atoms with Gasteiger partial charge < -0.3 is 9.80 Å². The molecule has 0 radical (unpaired) electrons. The molecule has 1 saturated heterocycles. The van der Waals surface area contributed by atoms with Crippen molar-refractivity contribution in [2.45, 2.75) is 45.8 Å². The Hall–Kier alpha value is -2.21. The van der Waals surface area contributed by atoms with Gasteiger partial charge in [-0.15, -0.1) is 11.3 Å². The molecule has 1 fully saturated rings. The van der Waals surface area contributed by atoms with Crippen molar-refractivity contribution in [3.63, 3.8) is 0 Å². The van der Waals surface area contributed by atoms with Gasteiger partial charge in [0.25, 0.3) is 0 Å². The maximum Gasteiger partial charge on any atom is 0.245 e. The van der Waals surface area contributed by atoms with Gasteiger partial charge in [0.2, 0.25) is 11.8 Å². The van der Waals surface area contributed by atoms with Gasteiger partial charge in [-0.1, -0.05) is 0 Å². The molecule has 1 atom stereocenters. The van der Waals surface area contributed by atoms with Crippen LogP contribution in [-0.4, -0.2) is 39.2 Å². The van der Waals surface area contributed by atoms with E-state index >= 15 is 0 Å². The Kier molecular flexibility index (Phi) is 5.48. The fourth-order valence-electron chi connectivity index (χ4n) is 3.15. The van der Waals surface area contributed by atoms with Gasteiger partial charge in [-0.3, -0.25) is 14.6 Å². The van der Waals surface area contributed by atoms with E-state index in [1.54, 1.807) is 28.6 Å². The van der Waals surface area contributed by atoms with Crippen molar-refractivity contribution >= 4 is 23.2 Å². The fourth-order valence-corrected chi connectivity index (χ4v) is 4.06. The van der Waals surface area contributed by atoms with Gasteiger partial charge in [0, 0.05) is 41.7 Å². The Bertz CT molecular complexity index is 744. The van der Waals surface area contributed by atoms with E-state index in [9.17, 15) is 9.59 Å². The molecule has 6 heteroatoms. The number of amides is 2. The second kappa shape index (κ2) is 7.78. The molecule has 0 saturated carbocycles. The zero-order chi connectivity index (χ0) is 17.8. The number of thiophene rings is 1. The second-order valence-electron chi connectivity index (χ2n) is 6.43. The molecule has 0 N–H and O–H groups in total. The van der Waals surface area contributed by atoms with Crippen molar-refractivity contribution in [1.29, 1.82) is 0 Å². The number of carbonyl (C=O) groups is 2. The lowest BCUT2D eigenvalue weighted by molar-refractivity contribution is -0.143. The summed E-state index contributed by atoms with van der Waals surface area (Å²) in [7, 11) is 0. The third-order valence-corrected chi connectivity index (χ3v) is 5.50. The van der Waals surface area contributed by atoms with Gasteiger partial charge in [0.1, 0.15) is 6.04 Å². The molecule has 0 bridgehead atoms. The Morgan fingerprint density at radius 2 is 2.04 bits per heavy atom. The Morgan fingerprint density at radius 3 is 2.64 bits per heavy atom. The Labute approximate surface area is 152 Å². The van der Waals surface area contributed by atoms with Crippen molar-refractivity contribution < 1.29 is 9.59 Å². The summed E-state index contributed by atoms with van der Waals surface area (Å²) >= 11 is 1.70. The topological polar surface area (TPSA) is 53.5 Å². The van der Waals surface area contributed by atoms with Gasteiger partial charge in [-0.2, -0.15) is 0 Å². The number of hydrogen-bond donors (Lipinski definition) is 0. The van der Waals surface area contributed by atoms with Gasteiger partial charge >= 0.3 is 0 Å². The smallest absolute Gasteiger partial charge is 0.245 e. The molecule has 3 rings (SSSR count). The first-order valence-electron chi connectivity index (χ1n) is 8.57. The first kappa shape index (κ1) is 17.6. The molecule has 1 unspecified atom stereocenters. The van der Waals surface area contributed by atoms with Crippen LogP contribution in [0.4, 0.5) is 0 Å². The maximum absolute atomic E-state index is 13.1. The molecule has 0 aromatic carbocycles. The molecule has 25 heavy (non-hydrogen) atoms. The quantitative estimate of drug-likeness (QED) is 0.799. The molecular weight excluding hydrogens is 334 g/mol. The van der Waals surface area contributed by atoms with Crippen LogP contribution in [0, 0.1) is 6.92 Å². The number of rotatable bonds is 6. The molecule has 0 spiro atoms. The molecule has 132 valence electrons. The molecule has 2 aromatic rings. The molecule has 3 heterocycles. The molecule has 2 aromatic heterocycles. The predicted octanol–water partition coefficient (Wildman–Crippen LogP) is 2.99. The van der Waals surface area contributed by atoms with E-state index in [-0.39, 0.29) is 11.8 Å². The van der Waals surface area contributed by atoms with E-state index in [0.717, 1.165) is 16.9 Å². The molecule has 1 aliphatic rings. The van der Waals surface area contributed by atoms with Crippen LogP contribution in [-0.2, 0) is 22.7 Å². The summed E-state index contributed by atoms with van der Waals surface area (Å²) in [6.07, 6.45) is 4.86. The molecule has 1 aliphatic heterocycles. The van der Waals surface area contributed by atoms with Crippen molar-refractivity contribution in [3.05, 3.63) is 52.0 Å². The first-order valence-corrected chi connectivity index (χ1v) is 9.38. The van der Waals surface area contributed by atoms with Gasteiger partial charge in [-0.25, -0.2) is 0 Å². The Morgan fingerprint density at radius 1 is 1.28 bits per heavy atom. The van der Waals surface area contributed by atoms with Gasteiger partial charge in [0.15, 0.2) is 0 Å². The summed E-state index contributed by atoms with van der Waals surface area (Å²) in [5, 5.41) is 0. The van der Waals surface area contributed by atoms with Crippen molar-refractivity contribution in [3.8, 4) is 0 Å². The average Bonchev–Trinajstić information content (AvgIpc) is 3.22. The van der Waals surface area contributed by atoms with Crippen LogP contribution in [0.5, 0.6) is 0 Å². The van der Waals surface area contributed by atoms with E-state index in [1.165, 1.54) is 4.88 Å². The molecule has 5 nitrogen and oxygen atoms in total. The summed E-state index contributed by atoms with van der Waals surface area (Å²) in [5.41, 5.74) is 1.04. The summed E-state index contributed by atoms with van der Waals surface area (Å²) in [5.74, 6) is 0.0785. The van der Waals surface area contributed by atoms with Crippen LogP contribution in [0.2, 0.25) is 0 Å². The van der Waals surface area contributed by atoms with E-state index in [4.69, 9.17) is 0 Å². The highest BCUT2D eigenvalue weighted by Crippen LogP contribution is 2.21. The summed E-state index contributed by atoms with van der Waals surface area (Å²) < 4.78 is 0.